The van der Waals surface area contributed by atoms with Crippen LogP contribution in [0.5, 0.6) is 5.75 Å². The third kappa shape index (κ3) is 3.23. The molecule has 1 heterocycles. The molecule has 1 aliphatic rings. The highest BCUT2D eigenvalue weighted by Gasteiger charge is 2.27. The van der Waals surface area contributed by atoms with Gasteiger partial charge < -0.3 is 14.7 Å². The van der Waals surface area contributed by atoms with E-state index in [4.69, 9.17) is 9.84 Å². The lowest BCUT2D eigenvalue weighted by atomic mass is 10.0. The second-order valence-corrected chi connectivity index (χ2v) is 4.54. The molecular formula is C14H19NO3. The van der Waals surface area contributed by atoms with Crippen molar-refractivity contribution < 1.29 is 14.6 Å². The summed E-state index contributed by atoms with van der Waals surface area (Å²) in [4.78, 5) is 13.8. The topological polar surface area (TPSA) is 49.8 Å². The first-order chi connectivity index (χ1) is 8.81. The monoisotopic (exact) mass is 249 g/mol. The molecule has 0 radical (unpaired) electrons. The molecule has 2 rings (SSSR count). The minimum absolute atomic E-state index is 0.111. The van der Waals surface area contributed by atoms with Gasteiger partial charge in [-0.25, -0.2) is 4.79 Å². The Morgan fingerprint density at radius 2 is 2.11 bits per heavy atom. The second kappa shape index (κ2) is 6.40. The van der Waals surface area contributed by atoms with Gasteiger partial charge in [0.2, 0.25) is 0 Å². The zero-order valence-electron chi connectivity index (χ0n) is 10.4. The van der Waals surface area contributed by atoms with Crippen LogP contribution in [0.2, 0.25) is 0 Å². The number of nitrogens with zero attached hydrogens (tertiary/aromatic N) is 1. The number of likely N-dealkylation sites (tertiary alicyclic amines) is 1. The van der Waals surface area contributed by atoms with Crippen molar-refractivity contribution in [3.63, 3.8) is 0 Å². The maximum Gasteiger partial charge on any atom is 0.415 e. The average molecular weight is 249 g/mol. The van der Waals surface area contributed by atoms with Crippen LogP contribution in [0.25, 0.3) is 0 Å². The molecule has 1 saturated heterocycles. The van der Waals surface area contributed by atoms with E-state index in [1.165, 1.54) is 0 Å². The van der Waals surface area contributed by atoms with Gasteiger partial charge in [0.1, 0.15) is 5.75 Å². The van der Waals surface area contributed by atoms with Gasteiger partial charge in [0.05, 0.1) is 0 Å². The number of ether oxygens (including phenoxy) is 1. The van der Waals surface area contributed by atoms with Crippen LogP contribution in [-0.2, 0) is 0 Å². The molecule has 1 amide bonds. The molecule has 1 aliphatic heterocycles. The molecule has 1 atom stereocenters. The Labute approximate surface area is 107 Å². The summed E-state index contributed by atoms with van der Waals surface area (Å²) in [6.07, 6.45) is 3.39. The van der Waals surface area contributed by atoms with Crippen LogP contribution in [0.1, 0.15) is 25.7 Å². The first-order valence-electron chi connectivity index (χ1n) is 6.45. The van der Waals surface area contributed by atoms with E-state index in [0.717, 1.165) is 25.8 Å². The molecular weight excluding hydrogens is 230 g/mol. The fraction of sp³-hybridized carbons (Fsp3) is 0.500. The lowest BCUT2D eigenvalue weighted by Crippen LogP contribution is -2.45. The van der Waals surface area contributed by atoms with Gasteiger partial charge in [0.15, 0.2) is 0 Å². The number of rotatable bonds is 3. The summed E-state index contributed by atoms with van der Waals surface area (Å²) in [5.74, 6) is 0.566. The summed E-state index contributed by atoms with van der Waals surface area (Å²) in [6, 6.07) is 9.20. The molecule has 0 aliphatic carbocycles. The summed E-state index contributed by atoms with van der Waals surface area (Å²) in [6.45, 7) is 0.829. The van der Waals surface area contributed by atoms with Crippen LogP contribution < -0.4 is 4.74 Å². The molecule has 0 bridgehead atoms. The maximum absolute atomic E-state index is 12.1. The third-order valence-electron chi connectivity index (χ3n) is 3.27. The number of amides is 1. The Morgan fingerprint density at radius 3 is 2.83 bits per heavy atom. The Bertz CT molecular complexity index is 378. The predicted octanol–water partition coefficient (Wildman–Crippen LogP) is 2.42. The van der Waals surface area contributed by atoms with Gasteiger partial charge in [-0.3, -0.25) is 0 Å². The molecule has 4 nitrogen and oxygen atoms in total. The Hall–Kier alpha value is -1.55. The van der Waals surface area contributed by atoms with E-state index in [1.807, 2.05) is 18.2 Å². The molecule has 1 unspecified atom stereocenters. The minimum Gasteiger partial charge on any atom is -0.410 e. The van der Waals surface area contributed by atoms with Crippen molar-refractivity contribution >= 4 is 6.09 Å². The van der Waals surface area contributed by atoms with Gasteiger partial charge in [0.25, 0.3) is 0 Å². The number of carbonyl (C=O) groups is 1. The van der Waals surface area contributed by atoms with Crippen LogP contribution >= 0.6 is 0 Å². The van der Waals surface area contributed by atoms with Crippen molar-refractivity contribution in [3.8, 4) is 5.75 Å². The van der Waals surface area contributed by atoms with E-state index in [1.54, 1.807) is 17.0 Å². The first kappa shape index (κ1) is 12.9. The van der Waals surface area contributed by atoms with Crippen molar-refractivity contribution in [2.45, 2.75) is 31.7 Å². The zero-order valence-corrected chi connectivity index (χ0v) is 10.4. The number of hydrogen-bond acceptors (Lipinski definition) is 3. The second-order valence-electron chi connectivity index (χ2n) is 4.54. The summed E-state index contributed by atoms with van der Waals surface area (Å²) < 4.78 is 5.34. The van der Waals surface area contributed by atoms with Crippen LogP contribution in [0.15, 0.2) is 30.3 Å². The molecule has 1 fully saturated rings. The highest BCUT2D eigenvalue weighted by atomic mass is 16.6. The minimum atomic E-state index is -0.306. The van der Waals surface area contributed by atoms with Crippen molar-refractivity contribution in [1.82, 2.24) is 4.90 Å². The normalized spacial score (nSPS) is 19.6. The quantitative estimate of drug-likeness (QED) is 0.895. The van der Waals surface area contributed by atoms with Gasteiger partial charge >= 0.3 is 6.09 Å². The number of hydrogen-bond donors (Lipinski definition) is 1. The molecule has 18 heavy (non-hydrogen) atoms. The zero-order chi connectivity index (χ0) is 12.8. The van der Waals surface area contributed by atoms with E-state index >= 15 is 0 Å². The van der Waals surface area contributed by atoms with Gasteiger partial charge in [-0.05, 0) is 37.8 Å². The van der Waals surface area contributed by atoms with Crippen molar-refractivity contribution in [3.05, 3.63) is 30.3 Å². The van der Waals surface area contributed by atoms with Crippen LogP contribution in [-0.4, -0.2) is 35.3 Å². The van der Waals surface area contributed by atoms with Crippen LogP contribution in [0.4, 0.5) is 4.79 Å². The highest BCUT2D eigenvalue weighted by molar-refractivity contribution is 5.71. The third-order valence-corrected chi connectivity index (χ3v) is 3.27. The molecule has 4 heteroatoms. The molecule has 1 N–H and O–H groups in total. The van der Waals surface area contributed by atoms with Crippen molar-refractivity contribution in [2.24, 2.45) is 0 Å². The number of aliphatic hydroxyl groups excluding tert-OH is 1. The fourth-order valence-corrected chi connectivity index (χ4v) is 2.34. The van der Waals surface area contributed by atoms with Gasteiger partial charge in [-0.15, -0.1) is 0 Å². The highest BCUT2D eigenvalue weighted by Crippen LogP contribution is 2.21. The van der Waals surface area contributed by atoms with Crippen molar-refractivity contribution in [2.75, 3.05) is 13.2 Å². The molecule has 1 aromatic rings. The van der Waals surface area contributed by atoms with Gasteiger partial charge in [-0.2, -0.15) is 0 Å². The number of piperidine rings is 1. The first-order valence-corrected chi connectivity index (χ1v) is 6.45. The summed E-state index contributed by atoms with van der Waals surface area (Å²) in [7, 11) is 0. The van der Waals surface area contributed by atoms with E-state index in [2.05, 4.69) is 0 Å². The largest absolute Gasteiger partial charge is 0.415 e. The molecule has 0 aromatic heterocycles. The number of carbonyl (C=O) groups excluding carboxylic acids is 1. The maximum atomic E-state index is 12.1. The predicted molar refractivity (Wildman–Crippen MR) is 68.5 cm³/mol. The Morgan fingerprint density at radius 1 is 1.33 bits per heavy atom. The summed E-state index contributed by atoms with van der Waals surface area (Å²) >= 11 is 0. The molecule has 0 saturated carbocycles. The Balaban J connectivity index is 1.98. The SMILES string of the molecule is O=C(Oc1ccccc1)N1CCCCC1CCO. The van der Waals surface area contributed by atoms with Gasteiger partial charge in [-0.1, -0.05) is 18.2 Å². The van der Waals surface area contributed by atoms with E-state index < -0.39 is 0 Å². The van der Waals surface area contributed by atoms with E-state index in [-0.39, 0.29) is 18.7 Å². The fourth-order valence-electron chi connectivity index (χ4n) is 2.34. The van der Waals surface area contributed by atoms with E-state index in [9.17, 15) is 4.79 Å². The van der Waals surface area contributed by atoms with Crippen molar-refractivity contribution in [1.29, 1.82) is 0 Å². The van der Waals surface area contributed by atoms with Crippen LogP contribution in [0, 0.1) is 0 Å². The lowest BCUT2D eigenvalue weighted by Gasteiger charge is -2.34. The lowest BCUT2D eigenvalue weighted by molar-refractivity contribution is 0.100. The van der Waals surface area contributed by atoms with Gasteiger partial charge in [0, 0.05) is 19.2 Å². The van der Waals surface area contributed by atoms with E-state index in [0.29, 0.717) is 12.2 Å². The summed E-state index contributed by atoms with van der Waals surface area (Å²) in [5, 5.41) is 9.03. The number of benzene rings is 1. The number of aliphatic hydroxyl groups is 1. The smallest absolute Gasteiger partial charge is 0.410 e. The molecule has 98 valence electrons. The average Bonchev–Trinajstić information content (AvgIpc) is 2.41. The number of para-hydroxylation sites is 1. The molecule has 0 spiro atoms. The summed E-state index contributed by atoms with van der Waals surface area (Å²) in [5.41, 5.74) is 0. The van der Waals surface area contributed by atoms with Crippen LogP contribution in [0.3, 0.4) is 0 Å². The standard InChI is InChI=1S/C14H19NO3/c16-11-9-12-6-4-5-10-15(12)14(17)18-13-7-2-1-3-8-13/h1-3,7-8,12,16H,4-6,9-11H2. The Kier molecular flexibility index (Phi) is 4.59. The molecule has 1 aromatic carbocycles.